The number of hydrogen-bond acceptors (Lipinski definition) is 7. The van der Waals surface area contributed by atoms with E-state index in [-0.39, 0.29) is 19.8 Å². The van der Waals surface area contributed by atoms with Crippen molar-refractivity contribution in [1.82, 2.24) is 4.98 Å². The van der Waals surface area contributed by atoms with Crippen LogP contribution in [0.5, 0.6) is 11.5 Å². The second-order valence-corrected chi connectivity index (χ2v) is 7.63. The van der Waals surface area contributed by atoms with E-state index >= 15 is 0 Å². The number of aromatic nitrogens is 1. The zero-order valence-electron chi connectivity index (χ0n) is 11.4. The molecule has 1 aromatic carbocycles. The summed E-state index contributed by atoms with van der Waals surface area (Å²) in [5, 5.41) is 9.01. The van der Waals surface area contributed by atoms with Crippen LogP contribution < -0.4 is 9.47 Å². The maximum atomic E-state index is 12.6. The molecule has 9 heteroatoms. The maximum absolute atomic E-state index is 12.6. The highest BCUT2D eigenvalue weighted by molar-refractivity contribution is 7.93. The third kappa shape index (κ3) is 2.42. The number of carboxylic acids is 1. The zero-order chi connectivity index (χ0) is 15.9. The van der Waals surface area contributed by atoms with Crippen molar-refractivity contribution in [1.29, 1.82) is 0 Å². The number of carbonyl (C=O) groups is 1. The number of nitrogens with zero attached hydrogens (tertiary/aromatic N) is 1. The third-order valence-electron chi connectivity index (χ3n) is 3.03. The van der Waals surface area contributed by atoms with Gasteiger partial charge in [0.1, 0.15) is 18.1 Å². The summed E-state index contributed by atoms with van der Waals surface area (Å²) in [5.41, 5.74) is 0.175. The van der Waals surface area contributed by atoms with Crippen molar-refractivity contribution in [2.75, 3.05) is 13.2 Å². The third-order valence-corrected chi connectivity index (χ3v) is 6.30. The van der Waals surface area contributed by atoms with Gasteiger partial charge in [-0.2, -0.15) is 0 Å². The molecule has 2 aromatic rings. The molecule has 1 N–H and O–H groups in total. The summed E-state index contributed by atoms with van der Waals surface area (Å²) in [6, 6.07) is 4.26. The van der Waals surface area contributed by atoms with Crippen LogP contribution in [-0.2, 0) is 9.84 Å². The summed E-state index contributed by atoms with van der Waals surface area (Å²) in [5.74, 6) is -0.371. The molecule has 0 bridgehead atoms. The Morgan fingerprint density at radius 1 is 1.27 bits per heavy atom. The quantitative estimate of drug-likeness (QED) is 0.907. The summed E-state index contributed by atoms with van der Waals surface area (Å²) < 4.78 is 35.6. The summed E-state index contributed by atoms with van der Waals surface area (Å²) in [4.78, 5) is 14.8. The van der Waals surface area contributed by atoms with E-state index < -0.39 is 15.8 Å². The highest BCUT2D eigenvalue weighted by atomic mass is 32.2. The molecule has 7 nitrogen and oxygen atoms in total. The topological polar surface area (TPSA) is 103 Å². The lowest BCUT2D eigenvalue weighted by atomic mass is 10.3. The monoisotopic (exact) mass is 341 g/mol. The number of benzene rings is 1. The Hall–Kier alpha value is -2.13. The number of hydrogen-bond donors (Lipinski definition) is 1. The first-order valence-corrected chi connectivity index (χ1v) is 8.55. The van der Waals surface area contributed by atoms with Gasteiger partial charge in [0.15, 0.2) is 11.5 Å². The summed E-state index contributed by atoms with van der Waals surface area (Å²) in [7, 11) is -3.90. The van der Waals surface area contributed by atoms with E-state index in [4.69, 9.17) is 14.6 Å². The summed E-state index contributed by atoms with van der Waals surface area (Å²) in [6.07, 6.45) is 0. The van der Waals surface area contributed by atoms with E-state index in [0.717, 1.165) is 0 Å². The van der Waals surface area contributed by atoms with Gasteiger partial charge in [-0.3, -0.25) is 0 Å². The fourth-order valence-electron chi connectivity index (χ4n) is 1.98. The number of thiazole rings is 1. The van der Waals surface area contributed by atoms with Gasteiger partial charge in [0.2, 0.25) is 14.2 Å². The molecule has 0 saturated carbocycles. The molecule has 0 unspecified atom stereocenters. The molecule has 1 aromatic heterocycles. The minimum Gasteiger partial charge on any atom is -0.486 e. The normalized spacial score (nSPS) is 13.9. The van der Waals surface area contributed by atoms with Crippen LogP contribution in [0.4, 0.5) is 0 Å². The van der Waals surface area contributed by atoms with Crippen molar-refractivity contribution in [3.8, 4) is 11.5 Å². The lowest BCUT2D eigenvalue weighted by Crippen LogP contribution is -2.15. The second kappa shape index (κ2) is 5.25. The predicted octanol–water partition coefficient (Wildman–Crippen LogP) is 1.75. The van der Waals surface area contributed by atoms with Crippen LogP contribution >= 0.6 is 11.3 Å². The van der Waals surface area contributed by atoms with Crippen LogP contribution in [0.25, 0.3) is 0 Å². The van der Waals surface area contributed by atoms with Crippen LogP contribution in [0, 0.1) is 6.92 Å². The largest absolute Gasteiger partial charge is 0.486 e. The number of fused-ring (bicyclic) bond motifs is 1. The van der Waals surface area contributed by atoms with Crippen molar-refractivity contribution in [3.63, 3.8) is 0 Å². The first kappa shape index (κ1) is 14.8. The van der Waals surface area contributed by atoms with E-state index in [9.17, 15) is 13.2 Å². The molecule has 0 saturated heterocycles. The van der Waals surface area contributed by atoms with Crippen molar-refractivity contribution < 1.29 is 27.8 Å². The summed E-state index contributed by atoms with van der Waals surface area (Å²) in [6.45, 7) is 2.21. The number of ether oxygens (including phenoxy) is 2. The fourth-order valence-corrected chi connectivity index (χ4v) is 4.56. The Kier molecular flexibility index (Phi) is 3.53. The molecule has 0 radical (unpaired) electrons. The number of rotatable bonds is 3. The maximum Gasteiger partial charge on any atom is 0.347 e. The molecular weight excluding hydrogens is 330 g/mol. The Morgan fingerprint density at radius 3 is 2.59 bits per heavy atom. The first-order valence-electron chi connectivity index (χ1n) is 6.25. The van der Waals surface area contributed by atoms with Gasteiger partial charge in [0.25, 0.3) is 0 Å². The van der Waals surface area contributed by atoms with Gasteiger partial charge in [-0.25, -0.2) is 18.2 Å². The van der Waals surface area contributed by atoms with Crippen molar-refractivity contribution in [2.24, 2.45) is 0 Å². The molecule has 2 heterocycles. The molecule has 0 atom stereocenters. The van der Waals surface area contributed by atoms with E-state index in [0.29, 0.717) is 36.0 Å². The van der Waals surface area contributed by atoms with Crippen molar-refractivity contribution >= 4 is 27.1 Å². The van der Waals surface area contributed by atoms with Gasteiger partial charge >= 0.3 is 5.97 Å². The second-order valence-electron chi connectivity index (χ2n) is 4.51. The van der Waals surface area contributed by atoms with Crippen LogP contribution in [0.1, 0.15) is 15.4 Å². The van der Waals surface area contributed by atoms with Gasteiger partial charge in [-0.05, 0) is 19.1 Å². The smallest absolute Gasteiger partial charge is 0.347 e. The van der Waals surface area contributed by atoms with E-state index in [2.05, 4.69) is 4.98 Å². The first-order chi connectivity index (χ1) is 10.4. The van der Waals surface area contributed by atoms with E-state index in [1.54, 1.807) is 0 Å². The Bertz CT molecular complexity index is 855. The van der Waals surface area contributed by atoms with Gasteiger partial charge in [-0.1, -0.05) is 11.3 Å². The Morgan fingerprint density at radius 2 is 1.95 bits per heavy atom. The van der Waals surface area contributed by atoms with Gasteiger partial charge < -0.3 is 14.6 Å². The number of aromatic carboxylic acids is 1. The minimum atomic E-state index is -3.90. The Labute approximate surface area is 130 Å². The van der Waals surface area contributed by atoms with E-state index in [1.165, 1.54) is 25.1 Å². The lowest BCUT2D eigenvalue weighted by Gasteiger charge is -2.18. The van der Waals surface area contributed by atoms with Crippen LogP contribution in [0.15, 0.2) is 27.4 Å². The molecule has 1 aliphatic heterocycles. The minimum absolute atomic E-state index is 0.0116. The predicted molar refractivity (Wildman–Crippen MR) is 76.7 cm³/mol. The van der Waals surface area contributed by atoms with Gasteiger partial charge in [0.05, 0.1) is 10.6 Å². The van der Waals surface area contributed by atoms with Gasteiger partial charge in [0, 0.05) is 6.07 Å². The summed E-state index contributed by atoms with van der Waals surface area (Å²) >= 11 is 0.636. The molecule has 0 aliphatic carbocycles. The number of aryl methyl sites for hydroxylation is 1. The fraction of sp³-hybridized carbons (Fsp3) is 0.231. The van der Waals surface area contributed by atoms with Gasteiger partial charge in [-0.15, -0.1) is 0 Å². The van der Waals surface area contributed by atoms with Crippen LogP contribution in [0.3, 0.4) is 0 Å². The standard InChI is InChI=1S/C13H11NO6S2/c1-7-11(12(15)16)21-13(14-7)22(17,18)8-2-3-9-10(6-8)20-5-4-19-9/h2-3,6H,4-5H2,1H3,(H,15,16). The van der Waals surface area contributed by atoms with Crippen LogP contribution in [0.2, 0.25) is 0 Å². The highest BCUT2D eigenvalue weighted by Crippen LogP contribution is 2.35. The molecule has 0 fully saturated rings. The average Bonchev–Trinajstić information content (AvgIpc) is 2.89. The molecular formula is C13H11NO6S2. The molecule has 1 aliphatic rings. The molecule has 116 valence electrons. The highest BCUT2D eigenvalue weighted by Gasteiger charge is 2.27. The molecule has 3 rings (SSSR count). The zero-order valence-corrected chi connectivity index (χ0v) is 13.0. The lowest BCUT2D eigenvalue weighted by molar-refractivity contribution is 0.0701. The molecule has 22 heavy (non-hydrogen) atoms. The number of sulfone groups is 1. The van der Waals surface area contributed by atoms with E-state index in [1.807, 2.05) is 0 Å². The molecule has 0 spiro atoms. The Balaban J connectivity index is 2.06. The SMILES string of the molecule is Cc1nc(S(=O)(=O)c2ccc3c(c2)OCCO3)sc1C(=O)O. The van der Waals surface area contributed by atoms with Crippen LogP contribution in [-0.4, -0.2) is 37.7 Å². The number of carboxylic acid groups (broad SMARTS) is 1. The average molecular weight is 341 g/mol. The molecule has 0 amide bonds. The van der Waals surface area contributed by atoms with Crippen molar-refractivity contribution in [3.05, 3.63) is 28.8 Å². The van der Waals surface area contributed by atoms with Crippen molar-refractivity contribution in [2.45, 2.75) is 16.2 Å².